The number of aliphatic hydroxyl groups excluding tert-OH is 4. The van der Waals surface area contributed by atoms with Crippen LogP contribution in [0, 0.1) is 0 Å². The van der Waals surface area contributed by atoms with Crippen LogP contribution in [0.3, 0.4) is 0 Å². The summed E-state index contributed by atoms with van der Waals surface area (Å²) < 4.78 is 10.3. The minimum absolute atomic E-state index is 0.0276. The van der Waals surface area contributed by atoms with E-state index in [-0.39, 0.29) is 25.9 Å². The highest BCUT2D eigenvalue weighted by Gasteiger charge is 2.17. The van der Waals surface area contributed by atoms with Crippen molar-refractivity contribution in [2.75, 3.05) is 13.2 Å². The van der Waals surface area contributed by atoms with E-state index in [0.717, 1.165) is 25.7 Å². The summed E-state index contributed by atoms with van der Waals surface area (Å²) in [4.78, 5) is 24.1. The van der Waals surface area contributed by atoms with Crippen LogP contribution in [0.25, 0.3) is 0 Å². The van der Waals surface area contributed by atoms with Gasteiger partial charge < -0.3 is 29.9 Å². The van der Waals surface area contributed by atoms with E-state index in [1.165, 1.54) is 44.6 Å². The summed E-state index contributed by atoms with van der Waals surface area (Å²) in [6, 6.07) is 0. The largest absolute Gasteiger partial charge is 0.462 e. The average molecular weight is 607 g/mol. The topological polar surface area (TPSA) is 134 Å². The molecule has 0 aromatic rings. The van der Waals surface area contributed by atoms with Crippen molar-refractivity contribution >= 4 is 11.9 Å². The standard InChI is InChI=1S/C35H58O8/c1-3-5-7-8-9-10-11-16-20-26-35(41)43-31(28-36)29-42-34(40)27-21-25-33(39)32(38)24-19-15-13-12-14-18-23-30(37)22-17-6-4-2/h6,12-15,17-19,23-24,30-33,36-39H,3-5,7-11,16,20-22,25-29H2,1-2H3/b14-12+,15-13-,17-6-,23-18+,24-19-/t30-,31+,32+,33+/m1/s1. The Bertz CT molecular complexity index is 830. The Morgan fingerprint density at radius 1 is 0.698 bits per heavy atom. The fourth-order valence-corrected chi connectivity index (χ4v) is 4.07. The van der Waals surface area contributed by atoms with Crippen molar-refractivity contribution in [1.29, 1.82) is 0 Å². The molecule has 0 saturated heterocycles. The first-order valence-corrected chi connectivity index (χ1v) is 16.2. The number of rotatable bonds is 27. The summed E-state index contributed by atoms with van der Waals surface area (Å²) in [5.41, 5.74) is 0. The third-order valence-corrected chi connectivity index (χ3v) is 6.67. The van der Waals surface area contributed by atoms with E-state index >= 15 is 0 Å². The quantitative estimate of drug-likeness (QED) is 0.0377. The summed E-state index contributed by atoms with van der Waals surface area (Å²) in [7, 11) is 0. The van der Waals surface area contributed by atoms with Crippen LogP contribution < -0.4 is 0 Å². The van der Waals surface area contributed by atoms with Gasteiger partial charge in [0.05, 0.1) is 24.9 Å². The van der Waals surface area contributed by atoms with Gasteiger partial charge in [0.25, 0.3) is 0 Å². The second-order valence-electron chi connectivity index (χ2n) is 10.7. The van der Waals surface area contributed by atoms with Crippen LogP contribution >= 0.6 is 0 Å². The molecule has 4 atom stereocenters. The van der Waals surface area contributed by atoms with Gasteiger partial charge in [-0.3, -0.25) is 9.59 Å². The molecule has 0 unspecified atom stereocenters. The summed E-state index contributed by atoms with van der Waals surface area (Å²) in [6.07, 6.45) is 26.7. The van der Waals surface area contributed by atoms with Crippen molar-refractivity contribution in [1.82, 2.24) is 0 Å². The van der Waals surface area contributed by atoms with E-state index in [1.807, 2.05) is 19.1 Å². The minimum atomic E-state index is -1.08. The maximum Gasteiger partial charge on any atom is 0.306 e. The molecule has 8 nitrogen and oxygen atoms in total. The molecular formula is C35H58O8. The fourth-order valence-electron chi connectivity index (χ4n) is 4.07. The Morgan fingerprint density at radius 3 is 1.91 bits per heavy atom. The molecule has 0 aliphatic heterocycles. The fraction of sp³-hybridized carbons (Fsp3) is 0.657. The highest BCUT2D eigenvalue weighted by molar-refractivity contribution is 5.70. The van der Waals surface area contributed by atoms with Crippen molar-refractivity contribution in [2.24, 2.45) is 0 Å². The number of carbonyl (C=O) groups is 2. The Morgan fingerprint density at radius 2 is 1.28 bits per heavy atom. The zero-order valence-electron chi connectivity index (χ0n) is 26.5. The molecule has 0 heterocycles. The molecule has 0 spiro atoms. The molecule has 0 radical (unpaired) electrons. The second kappa shape index (κ2) is 29.5. The lowest BCUT2D eigenvalue weighted by Gasteiger charge is -2.16. The van der Waals surface area contributed by atoms with Gasteiger partial charge in [-0.15, -0.1) is 0 Å². The zero-order chi connectivity index (χ0) is 32.0. The molecule has 4 N–H and O–H groups in total. The van der Waals surface area contributed by atoms with Gasteiger partial charge in [0.2, 0.25) is 0 Å². The maximum absolute atomic E-state index is 12.0. The summed E-state index contributed by atoms with van der Waals surface area (Å²) in [5, 5.41) is 39.4. The molecule has 0 bridgehead atoms. The number of hydrogen-bond donors (Lipinski definition) is 4. The lowest BCUT2D eigenvalue weighted by atomic mass is 10.1. The number of aliphatic hydroxyl groups is 4. The van der Waals surface area contributed by atoms with E-state index in [0.29, 0.717) is 12.8 Å². The monoisotopic (exact) mass is 606 g/mol. The van der Waals surface area contributed by atoms with Gasteiger partial charge >= 0.3 is 11.9 Å². The molecule has 246 valence electrons. The molecule has 0 saturated carbocycles. The number of hydrogen-bond acceptors (Lipinski definition) is 8. The molecule has 43 heavy (non-hydrogen) atoms. The Hall–Kier alpha value is -2.52. The normalized spacial score (nSPS) is 15.2. The van der Waals surface area contributed by atoms with Crippen molar-refractivity contribution in [3.63, 3.8) is 0 Å². The second-order valence-corrected chi connectivity index (χ2v) is 10.7. The molecule has 0 aromatic carbocycles. The average Bonchev–Trinajstić information content (AvgIpc) is 2.99. The highest BCUT2D eigenvalue weighted by Crippen LogP contribution is 2.12. The Balaban J connectivity index is 4.05. The maximum atomic E-state index is 12.0. The molecular weight excluding hydrogens is 548 g/mol. The number of ether oxygens (including phenoxy) is 2. The van der Waals surface area contributed by atoms with Gasteiger partial charge in [0.1, 0.15) is 6.61 Å². The molecule has 0 aliphatic carbocycles. The highest BCUT2D eigenvalue weighted by atomic mass is 16.6. The molecule has 8 heteroatoms. The SMILES string of the molecule is CC/C=C\C[C@@H](O)/C=C/C=C/C=C\C=C/[C@H](O)[C@@H](O)CCCC(=O)OC[C@H](CO)OC(=O)CCCCCCCCCCC. The van der Waals surface area contributed by atoms with Gasteiger partial charge in [0, 0.05) is 12.8 Å². The predicted molar refractivity (Wildman–Crippen MR) is 172 cm³/mol. The first-order chi connectivity index (χ1) is 20.8. The van der Waals surface area contributed by atoms with E-state index in [9.17, 15) is 30.0 Å². The van der Waals surface area contributed by atoms with Crippen molar-refractivity contribution in [2.45, 2.75) is 135 Å². The van der Waals surface area contributed by atoms with Gasteiger partial charge in [-0.05, 0) is 32.1 Å². The van der Waals surface area contributed by atoms with Crippen LogP contribution in [0.2, 0.25) is 0 Å². The first-order valence-electron chi connectivity index (χ1n) is 16.2. The van der Waals surface area contributed by atoms with E-state index in [1.54, 1.807) is 42.5 Å². The van der Waals surface area contributed by atoms with Gasteiger partial charge in [-0.1, -0.05) is 126 Å². The lowest BCUT2D eigenvalue weighted by Crippen LogP contribution is -2.28. The number of esters is 2. The predicted octanol–water partition coefficient (Wildman–Crippen LogP) is 6.19. The Kier molecular flexibility index (Phi) is 27.8. The smallest absolute Gasteiger partial charge is 0.306 e. The summed E-state index contributed by atoms with van der Waals surface area (Å²) in [5.74, 6) is -0.934. The van der Waals surface area contributed by atoms with E-state index in [2.05, 4.69) is 6.92 Å². The van der Waals surface area contributed by atoms with Crippen molar-refractivity contribution in [3.05, 3.63) is 60.8 Å². The zero-order valence-corrected chi connectivity index (χ0v) is 26.5. The van der Waals surface area contributed by atoms with Crippen molar-refractivity contribution < 1.29 is 39.5 Å². The van der Waals surface area contributed by atoms with Crippen LogP contribution in [0.1, 0.15) is 110 Å². The summed E-state index contributed by atoms with van der Waals surface area (Å²) >= 11 is 0. The molecule has 0 fully saturated rings. The van der Waals surface area contributed by atoms with Crippen LogP contribution in [0.5, 0.6) is 0 Å². The van der Waals surface area contributed by atoms with Gasteiger partial charge in [-0.25, -0.2) is 0 Å². The number of unbranched alkanes of at least 4 members (excludes halogenated alkanes) is 8. The minimum Gasteiger partial charge on any atom is -0.462 e. The van der Waals surface area contributed by atoms with E-state index < -0.39 is 43.0 Å². The third kappa shape index (κ3) is 26.8. The van der Waals surface area contributed by atoms with Crippen LogP contribution in [-0.2, 0) is 19.1 Å². The number of carbonyl (C=O) groups excluding carboxylic acids is 2. The molecule has 0 aliphatic rings. The van der Waals surface area contributed by atoms with Crippen LogP contribution in [-0.4, -0.2) is 70.0 Å². The van der Waals surface area contributed by atoms with Gasteiger partial charge in [-0.2, -0.15) is 0 Å². The summed E-state index contributed by atoms with van der Waals surface area (Å²) in [6.45, 7) is 3.59. The Labute approximate surface area is 259 Å². The van der Waals surface area contributed by atoms with E-state index in [4.69, 9.17) is 9.47 Å². The first kappa shape index (κ1) is 40.5. The van der Waals surface area contributed by atoms with Crippen molar-refractivity contribution in [3.8, 4) is 0 Å². The van der Waals surface area contributed by atoms with Gasteiger partial charge in [0.15, 0.2) is 6.10 Å². The molecule has 0 rings (SSSR count). The third-order valence-electron chi connectivity index (χ3n) is 6.67. The lowest BCUT2D eigenvalue weighted by molar-refractivity contribution is -0.161. The molecule has 0 aromatic heterocycles. The van der Waals surface area contributed by atoms with Crippen LogP contribution in [0.4, 0.5) is 0 Å². The van der Waals surface area contributed by atoms with Crippen LogP contribution in [0.15, 0.2) is 60.8 Å². The number of allylic oxidation sites excluding steroid dienone is 7. The molecule has 0 amide bonds.